The summed E-state index contributed by atoms with van der Waals surface area (Å²) < 4.78 is 0. The van der Waals surface area contributed by atoms with Gasteiger partial charge in [-0.1, -0.05) is 0 Å². The summed E-state index contributed by atoms with van der Waals surface area (Å²) >= 11 is 0. The smallest absolute Gasteiger partial charge is 0.0994 e. The third-order valence-corrected chi connectivity index (χ3v) is 2.59. The zero-order valence-electron chi connectivity index (χ0n) is 9.64. The van der Waals surface area contributed by atoms with E-state index < -0.39 is 0 Å². The highest BCUT2D eigenvalue weighted by Crippen LogP contribution is 2.15. The largest absolute Gasteiger partial charge is 0.381 e. The van der Waals surface area contributed by atoms with E-state index in [1.54, 1.807) is 12.4 Å². The van der Waals surface area contributed by atoms with Crippen molar-refractivity contribution in [2.75, 3.05) is 5.32 Å². The van der Waals surface area contributed by atoms with Crippen LogP contribution in [0.15, 0.2) is 42.7 Å². The highest BCUT2D eigenvalue weighted by atomic mass is 14.9. The Kier molecular flexibility index (Phi) is 3.37. The van der Waals surface area contributed by atoms with Crippen LogP contribution in [-0.4, -0.2) is 4.98 Å². The maximum Gasteiger partial charge on any atom is 0.0994 e. The monoisotopic (exact) mass is 223 g/mol. The van der Waals surface area contributed by atoms with Crippen molar-refractivity contribution in [3.63, 3.8) is 0 Å². The van der Waals surface area contributed by atoms with Crippen molar-refractivity contribution in [2.24, 2.45) is 0 Å². The summed E-state index contributed by atoms with van der Waals surface area (Å²) in [7, 11) is 0. The van der Waals surface area contributed by atoms with Crippen LogP contribution in [0.1, 0.15) is 16.7 Å². The minimum absolute atomic E-state index is 0.722. The minimum Gasteiger partial charge on any atom is -0.381 e. The SMILES string of the molecule is Cc1cc(NCc2ccncc2)ccc1C#N. The van der Waals surface area contributed by atoms with Crippen LogP contribution in [0.3, 0.4) is 0 Å². The molecule has 0 bridgehead atoms. The fourth-order valence-electron chi connectivity index (χ4n) is 1.60. The number of hydrogen-bond donors (Lipinski definition) is 1. The lowest BCUT2D eigenvalue weighted by atomic mass is 10.1. The number of nitriles is 1. The van der Waals surface area contributed by atoms with E-state index in [1.807, 2.05) is 37.3 Å². The van der Waals surface area contributed by atoms with E-state index in [9.17, 15) is 0 Å². The Balaban J connectivity index is 2.06. The number of anilines is 1. The molecule has 0 amide bonds. The second-order valence-electron chi connectivity index (χ2n) is 3.85. The van der Waals surface area contributed by atoms with Crippen LogP contribution in [0, 0.1) is 18.3 Å². The number of nitrogens with one attached hydrogen (secondary N) is 1. The van der Waals surface area contributed by atoms with Gasteiger partial charge in [-0.15, -0.1) is 0 Å². The van der Waals surface area contributed by atoms with Gasteiger partial charge in [0, 0.05) is 24.6 Å². The van der Waals surface area contributed by atoms with Crippen LogP contribution < -0.4 is 5.32 Å². The second-order valence-corrected chi connectivity index (χ2v) is 3.85. The average Bonchev–Trinajstić information content (AvgIpc) is 2.38. The summed E-state index contributed by atoms with van der Waals surface area (Å²) in [5, 5.41) is 12.2. The van der Waals surface area contributed by atoms with Gasteiger partial charge in [0.15, 0.2) is 0 Å². The Bertz CT molecular complexity index is 541. The highest BCUT2D eigenvalue weighted by molar-refractivity contribution is 5.51. The molecule has 3 nitrogen and oxygen atoms in total. The first kappa shape index (κ1) is 11.2. The zero-order valence-corrected chi connectivity index (χ0v) is 9.64. The van der Waals surface area contributed by atoms with Crippen molar-refractivity contribution in [1.82, 2.24) is 4.98 Å². The molecule has 0 unspecified atom stereocenters. The van der Waals surface area contributed by atoms with Gasteiger partial charge < -0.3 is 5.32 Å². The van der Waals surface area contributed by atoms with Gasteiger partial charge in [-0.3, -0.25) is 4.98 Å². The predicted octanol–water partition coefficient (Wildman–Crippen LogP) is 2.87. The lowest BCUT2D eigenvalue weighted by Gasteiger charge is -2.07. The number of hydrogen-bond acceptors (Lipinski definition) is 3. The molecule has 0 saturated heterocycles. The van der Waals surface area contributed by atoms with Gasteiger partial charge in [-0.25, -0.2) is 0 Å². The highest BCUT2D eigenvalue weighted by Gasteiger charge is 1.99. The maximum absolute atomic E-state index is 8.84. The van der Waals surface area contributed by atoms with Gasteiger partial charge in [0.1, 0.15) is 0 Å². The minimum atomic E-state index is 0.722. The van der Waals surface area contributed by atoms with E-state index in [2.05, 4.69) is 16.4 Å². The number of aromatic nitrogens is 1. The van der Waals surface area contributed by atoms with E-state index in [0.29, 0.717) is 0 Å². The van der Waals surface area contributed by atoms with Gasteiger partial charge in [0.05, 0.1) is 11.6 Å². The zero-order chi connectivity index (χ0) is 12.1. The van der Waals surface area contributed by atoms with Gasteiger partial charge in [-0.2, -0.15) is 5.26 Å². The Morgan fingerprint density at radius 1 is 1.24 bits per heavy atom. The molecule has 0 aliphatic heterocycles. The molecule has 84 valence electrons. The van der Waals surface area contributed by atoms with Crippen LogP contribution in [0.2, 0.25) is 0 Å². The lowest BCUT2D eigenvalue weighted by Crippen LogP contribution is -1.99. The van der Waals surface area contributed by atoms with Crippen LogP contribution >= 0.6 is 0 Å². The van der Waals surface area contributed by atoms with E-state index in [1.165, 1.54) is 5.56 Å². The first-order chi connectivity index (χ1) is 8.29. The Hall–Kier alpha value is -2.34. The molecule has 1 N–H and O–H groups in total. The Morgan fingerprint density at radius 2 is 2.00 bits per heavy atom. The molecule has 0 aliphatic rings. The number of rotatable bonds is 3. The molecule has 0 aliphatic carbocycles. The molecule has 0 fully saturated rings. The van der Waals surface area contributed by atoms with Gasteiger partial charge in [0.25, 0.3) is 0 Å². The van der Waals surface area contributed by atoms with Gasteiger partial charge in [0.2, 0.25) is 0 Å². The van der Waals surface area contributed by atoms with Crippen molar-refractivity contribution in [3.05, 3.63) is 59.4 Å². The second kappa shape index (κ2) is 5.13. The molecular weight excluding hydrogens is 210 g/mol. The van der Waals surface area contributed by atoms with Crippen LogP contribution in [0.25, 0.3) is 0 Å². The molecule has 1 heterocycles. The molecule has 1 aromatic heterocycles. The van der Waals surface area contributed by atoms with E-state index in [4.69, 9.17) is 5.26 Å². The quantitative estimate of drug-likeness (QED) is 0.870. The number of nitrogens with zero attached hydrogens (tertiary/aromatic N) is 2. The predicted molar refractivity (Wildman–Crippen MR) is 67.5 cm³/mol. The summed E-state index contributed by atoms with van der Waals surface area (Å²) in [5.41, 5.74) is 3.92. The molecule has 0 spiro atoms. The molecule has 0 saturated carbocycles. The number of aryl methyl sites for hydroxylation is 1. The summed E-state index contributed by atoms with van der Waals surface area (Å²) in [6.45, 7) is 2.70. The summed E-state index contributed by atoms with van der Waals surface area (Å²) in [6, 6.07) is 11.9. The summed E-state index contributed by atoms with van der Waals surface area (Å²) in [5.74, 6) is 0. The third kappa shape index (κ3) is 2.82. The van der Waals surface area contributed by atoms with E-state index >= 15 is 0 Å². The Morgan fingerprint density at radius 3 is 2.65 bits per heavy atom. The van der Waals surface area contributed by atoms with Crippen molar-refractivity contribution in [3.8, 4) is 6.07 Å². The molecule has 0 radical (unpaired) electrons. The van der Waals surface area contributed by atoms with Crippen molar-refractivity contribution >= 4 is 5.69 Å². The van der Waals surface area contributed by atoms with E-state index in [-0.39, 0.29) is 0 Å². The normalized spacial score (nSPS) is 9.65. The lowest BCUT2D eigenvalue weighted by molar-refractivity contribution is 1.12. The summed E-state index contributed by atoms with van der Waals surface area (Å²) in [6.07, 6.45) is 3.56. The molecule has 1 aromatic carbocycles. The van der Waals surface area contributed by atoms with Crippen molar-refractivity contribution in [2.45, 2.75) is 13.5 Å². The standard InChI is InChI=1S/C14H13N3/c1-11-8-14(3-2-13(11)9-15)17-10-12-4-6-16-7-5-12/h2-8,17H,10H2,1H3. The van der Waals surface area contributed by atoms with Crippen molar-refractivity contribution < 1.29 is 0 Å². The third-order valence-electron chi connectivity index (χ3n) is 2.59. The molecule has 3 heteroatoms. The maximum atomic E-state index is 8.84. The number of benzene rings is 1. The first-order valence-electron chi connectivity index (χ1n) is 5.43. The van der Waals surface area contributed by atoms with Crippen LogP contribution in [0.5, 0.6) is 0 Å². The van der Waals surface area contributed by atoms with Gasteiger partial charge >= 0.3 is 0 Å². The fraction of sp³-hybridized carbons (Fsp3) is 0.143. The van der Waals surface area contributed by atoms with Gasteiger partial charge in [-0.05, 0) is 48.4 Å². The number of pyridine rings is 1. The summed E-state index contributed by atoms with van der Waals surface area (Å²) in [4.78, 5) is 3.97. The first-order valence-corrected chi connectivity index (χ1v) is 5.43. The average molecular weight is 223 g/mol. The molecule has 17 heavy (non-hydrogen) atoms. The molecule has 2 aromatic rings. The van der Waals surface area contributed by atoms with Crippen LogP contribution in [0.4, 0.5) is 5.69 Å². The molecular formula is C14H13N3. The van der Waals surface area contributed by atoms with Crippen molar-refractivity contribution in [1.29, 1.82) is 5.26 Å². The topological polar surface area (TPSA) is 48.7 Å². The Labute approximate surface area is 101 Å². The fourth-order valence-corrected chi connectivity index (χ4v) is 1.60. The van der Waals surface area contributed by atoms with E-state index in [0.717, 1.165) is 23.4 Å². The van der Waals surface area contributed by atoms with Crippen LogP contribution in [-0.2, 0) is 6.54 Å². The molecule has 2 rings (SSSR count). The molecule has 0 atom stereocenters.